The smallest absolute Gasteiger partial charge is 0.303 e. The van der Waals surface area contributed by atoms with E-state index in [0.29, 0.717) is 31.7 Å². The summed E-state index contributed by atoms with van der Waals surface area (Å²) in [5.41, 5.74) is 0.203. The number of piperidine rings is 1. The van der Waals surface area contributed by atoms with E-state index >= 15 is 0 Å². The van der Waals surface area contributed by atoms with E-state index in [9.17, 15) is 14.0 Å². The van der Waals surface area contributed by atoms with Crippen molar-refractivity contribution in [3.05, 3.63) is 29.6 Å². The van der Waals surface area contributed by atoms with Crippen LogP contribution in [0.15, 0.2) is 18.2 Å². The van der Waals surface area contributed by atoms with Gasteiger partial charge < -0.3 is 14.7 Å². The monoisotopic (exact) mass is 295 g/mol. The number of carbonyl (C=O) groups excluding carboxylic acids is 1. The van der Waals surface area contributed by atoms with Crippen LogP contribution in [0.3, 0.4) is 0 Å². The lowest BCUT2D eigenvalue weighted by Crippen LogP contribution is -2.39. The number of benzene rings is 1. The molecule has 1 aromatic carbocycles. The molecule has 6 heteroatoms. The minimum atomic E-state index is -0.813. The van der Waals surface area contributed by atoms with Crippen LogP contribution in [-0.2, 0) is 4.79 Å². The summed E-state index contributed by atoms with van der Waals surface area (Å²) in [6, 6.07) is 3.85. The molecule has 0 aliphatic carbocycles. The molecule has 5 nitrogen and oxygen atoms in total. The number of halogens is 1. The Kier molecular flexibility index (Phi) is 4.77. The van der Waals surface area contributed by atoms with E-state index in [-0.39, 0.29) is 23.8 Å². The number of likely N-dealkylation sites (tertiary alicyclic amines) is 1. The van der Waals surface area contributed by atoms with Crippen LogP contribution in [0.25, 0.3) is 0 Å². The number of hydrogen-bond donors (Lipinski definition) is 1. The van der Waals surface area contributed by atoms with Crippen molar-refractivity contribution in [3.8, 4) is 5.75 Å². The van der Waals surface area contributed by atoms with E-state index < -0.39 is 11.8 Å². The summed E-state index contributed by atoms with van der Waals surface area (Å²) < 4.78 is 18.4. The van der Waals surface area contributed by atoms with Crippen molar-refractivity contribution in [1.82, 2.24) is 4.90 Å². The maximum atomic E-state index is 13.3. The SMILES string of the molecule is COc1ccc(F)cc1C(=O)N1CCC(CC(=O)O)CC1. The Labute approximate surface area is 122 Å². The number of hydrogen-bond acceptors (Lipinski definition) is 3. The highest BCUT2D eigenvalue weighted by atomic mass is 19.1. The molecule has 1 fully saturated rings. The van der Waals surface area contributed by atoms with Crippen molar-refractivity contribution in [3.63, 3.8) is 0 Å². The molecule has 1 aliphatic rings. The number of carboxylic acids is 1. The number of amides is 1. The molecule has 0 atom stereocenters. The number of rotatable bonds is 4. The molecule has 0 unspecified atom stereocenters. The number of carbonyl (C=O) groups is 2. The van der Waals surface area contributed by atoms with E-state index in [2.05, 4.69) is 0 Å². The number of methoxy groups -OCH3 is 1. The zero-order valence-corrected chi connectivity index (χ0v) is 11.8. The third kappa shape index (κ3) is 3.71. The van der Waals surface area contributed by atoms with Gasteiger partial charge in [0.2, 0.25) is 0 Å². The van der Waals surface area contributed by atoms with Crippen molar-refractivity contribution in [1.29, 1.82) is 0 Å². The van der Waals surface area contributed by atoms with E-state index in [0.717, 1.165) is 0 Å². The van der Waals surface area contributed by atoms with Gasteiger partial charge in [0.05, 0.1) is 12.7 Å². The molecule has 0 aromatic heterocycles. The molecule has 0 spiro atoms. The Hall–Kier alpha value is -2.11. The van der Waals surface area contributed by atoms with Crippen molar-refractivity contribution in [2.45, 2.75) is 19.3 Å². The summed E-state index contributed by atoms with van der Waals surface area (Å²) >= 11 is 0. The summed E-state index contributed by atoms with van der Waals surface area (Å²) in [5.74, 6) is -1.14. The highest BCUT2D eigenvalue weighted by molar-refractivity contribution is 5.97. The fourth-order valence-electron chi connectivity index (χ4n) is 2.60. The highest BCUT2D eigenvalue weighted by Crippen LogP contribution is 2.25. The third-order valence-corrected chi connectivity index (χ3v) is 3.76. The molecule has 0 saturated carbocycles. The summed E-state index contributed by atoms with van der Waals surface area (Å²) in [6.07, 6.45) is 1.43. The summed E-state index contributed by atoms with van der Waals surface area (Å²) in [7, 11) is 1.43. The Morgan fingerprint density at radius 1 is 1.38 bits per heavy atom. The van der Waals surface area contributed by atoms with Gasteiger partial charge in [0, 0.05) is 19.5 Å². The minimum Gasteiger partial charge on any atom is -0.496 e. The van der Waals surface area contributed by atoms with Crippen molar-refractivity contribution in [2.75, 3.05) is 20.2 Å². The first-order chi connectivity index (χ1) is 10.0. The molecule has 1 aromatic rings. The van der Waals surface area contributed by atoms with Gasteiger partial charge in [-0.15, -0.1) is 0 Å². The molecule has 0 bridgehead atoms. The van der Waals surface area contributed by atoms with Crippen LogP contribution in [0, 0.1) is 11.7 Å². The molecule has 1 saturated heterocycles. The van der Waals surface area contributed by atoms with Crippen molar-refractivity contribution in [2.24, 2.45) is 5.92 Å². The van der Waals surface area contributed by atoms with E-state index in [1.807, 2.05) is 0 Å². The Bertz CT molecular complexity index is 538. The molecule has 2 rings (SSSR count). The highest BCUT2D eigenvalue weighted by Gasteiger charge is 2.26. The van der Waals surface area contributed by atoms with Gasteiger partial charge in [-0.1, -0.05) is 0 Å². The second-order valence-electron chi connectivity index (χ2n) is 5.18. The van der Waals surface area contributed by atoms with Crippen LogP contribution in [-0.4, -0.2) is 42.1 Å². The van der Waals surface area contributed by atoms with Crippen molar-refractivity contribution >= 4 is 11.9 Å². The number of carboxylic acid groups (broad SMARTS) is 1. The number of ether oxygens (including phenoxy) is 1. The fraction of sp³-hybridized carbons (Fsp3) is 0.467. The average molecular weight is 295 g/mol. The van der Waals surface area contributed by atoms with Gasteiger partial charge >= 0.3 is 5.97 Å². The Balaban J connectivity index is 2.05. The zero-order chi connectivity index (χ0) is 15.4. The van der Waals surface area contributed by atoms with Gasteiger partial charge in [-0.3, -0.25) is 9.59 Å². The molecular formula is C15H18FNO4. The van der Waals surface area contributed by atoms with Crippen molar-refractivity contribution < 1.29 is 23.8 Å². The Morgan fingerprint density at radius 2 is 2.05 bits per heavy atom. The van der Waals surface area contributed by atoms with Gasteiger partial charge in [0.15, 0.2) is 0 Å². The van der Waals surface area contributed by atoms with Crippen LogP contribution < -0.4 is 4.74 Å². The summed E-state index contributed by atoms with van der Waals surface area (Å²) in [6.45, 7) is 0.965. The molecule has 1 amide bonds. The van der Waals surface area contributed by atoms with E-state index in [1.54, 1.807) is 4.90 Å². The molecule has 1 N–H and O–H groups in total. The number of nitrogens with zero attached hydrogens (tertiary/aromatic N) is 1. The summed E-state index contributed by atoms with van der Waals surface area (Å²) in [5, 5.41) is 8.78. The summed E-state index contributed by atoms with van der Waals surface area (Å²) in [4.78, 5) is 24.7. The van der Waals surface area contributed by atoms with E-state index in [1.165, 1.54) is 25.3 Å². The third-order valence-electron chi connectivity index (χ3n) is 3.76. The van der Waals surface area contributed by atoms with Crippen LogP contribution in [0.4, 0.5) is 4.39 Å². The zero-order valence-electron chi connectivity index (χ0n) is 11.8. The van der Waals surface area contributed by atoms with Crippen LogP contribution >= 0.6 is 0 Å². The Morgan fingerprint density at radius 3 is 2.62 bits per heavy atom. The first kappa shape index (κ1) is 15.3. The molecule has 1 aliphatic heterocycles. The minimum absolute atomic E-state index is 0.0981. The number of aliphatic carboxylic acids is 1. The predicted octanol–water partition coefficient (Wildman–Crippen LogP) is 2.16. The lowest BCUT2D eigenvalue weighted by atomic mass is 9.93. The first-order valence-electron chi connectivity index (χ1n) is 6.86. The van der Waals surface area contributed by atoms with Gasteiger partial charge in [-0.05, 0) is 37.0 Å². The lowest BCUT2D eigenvalue weighted by molar-refractivity contribution is -0.138. The van der Waals surface area contributed by atoms with Gasteiger partial charge in [0.1, 0.15) is 11.6 Å². The van der Waals surface area contributed by atoms with Crippen LogP contribution in [0.5, 0.6) is 5.75 Å². The first-order valence-corrected chi connectivity index (χ1v) is 6.86. The second-order valence-corrected chi connectivity index (χ2v) is 5.18. The van der Waals surface area contributed by atoms with Gasteiger partial charge in [-0.25, -0.2) is 4.39 Å². The predicted molar refractivity (Wildman–Crippen MR) is 73.8 cm³/mol. The maximum absolute atomic E-state index is 13.3. The maximum Gasteiger partial charge on any atom is 0.303 e. The van der Waals surface area contributed by atoms with Crippen LogP contribution in [0.1, 0.15) is 29.6 Å². The molecule has 114 valence electrons. The quantitative estimate of drug-likeness (QED) is 0.924. The van der Waals surface area contributed by atoms with Gasteiger partial charge in [-0.2, -0.15) is 0 Å². The van der Waals surface area contributed by atoms with Crippen LogP contribution in [0.2, 0.25) is 0 Å². The standard InChI is InChI=1S/C15H18FNO4/c1-21-13-3-2-11(16)9-12(13)15(20)17-6-4-10(5-7-17)8-14(18)19/h2-3,9-10H,4-8H2,1H3,(H,18,19). The van der Waals surface area contributed by atoms with E-state index in [4.69, 9.17) is 9.84 Å². The molecule has 21 heavy (non-hydrogen) atoms. The normalized spacial score (nSPS) is 15.8. The molecule has 0 radical (unpaired) electrons. The van der Waals surface area contributed by atoms with Gasteiger partial charge in [0.25, 0.3) is 5.91 Å². The second kappa shape index (κ2) is 6.56. The molecular weight excluding hydrogens is 277 g/mol. The average Bonchev–Trinajstić information content (AvgIpc) is 2.46. The topological polar surface area (TPSA) is 66.8 Å². The molecule has 1 heterocycles. The fourth-order valence-corrected chi connectivity index (χ4v) is 2.60. The lowest BCUT2D eigenvalue weighted by Gasteiger charge is -2.31. The largest absolute Gasteiger partial charge is 0.496 e.